The first kappa shape index (κ1) is 10.5. The van der Waals surface area contributed by atoms with E-state index >= 15 is 0 Å². The first-order chi connectivity index (χ1) is 7.66. The van der Waals surface area contributed by atoms with Crippen LogP contribution >= 0.6 is 0 Å². The molecule has 2 aromatic heterocycles. The van der Waals surface area contributed by atoms with Gasteiger partial charge in [0.2, 0.25) is 11.7 Å². The summed E-state index contributed by atoms with van der Waals surface area (Å²) in [7, 11) is 0. The van der Waals surface area contributed by atoms with E-state index < -0.39 is 0 Å². The third-order valence-electron chi connectivity index (χ3n) is 2.15. The summed E-state index contributed by atoms with van der Waals surface area (Å²) in [5.41, 5.74) is 0. The van der Waals surface area contributed by atoms with Gasteiger partial charge in [0, 0.05) is 18.3 Å². The fourth-order valence-electron chi connectivity index (χ4n) is 1.16. The number of aromatic nitrogens is 4. The Morgan fingerprint density at radius 2 is 2.38 bits per heavy atom. The van der Waals surface area contributed by atoms with Crippen molar-refractivity contribution < 1.29 is 9.32 Å². The Kier molecular flexibility index (Phi) is 2.80. The number of imidazole rings is 1. The molecule has 84 valence electrons. The summed E-state index contributed by atoms with van der Waals surface area (Å²) in [6.07, 6.45) is 3.45. The van der Waals surface area contributed by atoms with Crippen LogP contribution in [-0.4, -0.2) is 25.9 Å². The second-order valence-electron chi connectivity index (χ2n) is 3.75. The molecule has 2 aromatic rings. The van der Waals surface area contributed by atoms with Gasteiger partial charge < -0.3 is 9.51 Å². The number of hydrogen-bond acceptors (Lipinski definition) is 5. The van der Waals surface area contributed by atoms with Gasteiger partial charge in [0.1, 0.15) is 5.78 Å². The van der Waals surface area contributed by atoms with E-state index in [1.807, 2.05) is 13.8 Å². The van der Waals surface area contributed by atoms with Crippen LogP contribution in [0.15, 0.2) is 16.9 Å². The van der Waals surface area contributed by atoms with Crippen LogP contribution in [0.2, 0.25) is 0 Å². The minimum absolute atomic E-state index is 0.0287. The number of carbonyl (C=O) groups excluding carboxylic acids is 1. The number of ketones is 1. The van der Waals surface area contributed by atoms with Crippen LogP contribution in [0.3, 0.4) is 0 Å². The maximum atomic E-state index is 11.5. The molecule has 0 aromatic carbocycles. The quantitative estimate of drug-likeness (QED) is 0.837. The van der Waals surface area contributed by atoms with E-state index in [1.165, 1.54) is 0 Å². The Morgan fingerprint density at radius 3 is 3.00 bits per heavy atom. The molecule has 16 heavy (non-hydrogen) atoms. The lowest BCUT2D eigenvalue weighted by Gasteiger charge is -1.98. The molecule has 6 heteroatoms. The second-order valence-corrected chi connectivity index (χ2v) is 3.75. The molecule has 0 saturated heterocycles. The average molecular weight is 220 g/mol. The minimum Gasteiger partial charge on any atom is -0.342 e. The highest BCUT2D eigenvalue weighted by Gasteiger charge is 2.15. The van der Waals surface area contributed by atoms with Crippen LogP contribution in [0.5, 0.6) is 0 Å². The van der Waals surface area contributed by atoms with Crippen molar-refractivity contribution in [2.45, 2.75) is 20.3 Å². The number of carbonyl (C=O) groups is 1. The van der Waals surface area contributed by atoms with E-state index in [-0.39, 0.29) is 18.1 Å². The van der Waals surface area contributed by atoms with Crippen molar-refractivity contribution in [1.29, 1.82) is 0 Å². The summed E-state index contributed by atoms with van der Waals surface area (Å²) < 4.78 is 4.97. The molecule has 6 nitrogen and oxygen atoms in total. The fourth-order valence-corrected chi connectivity index (χ4v) is 1.16. The Bertz CT molecular complexity index is 473. The molecule has 0 saturated carbocycles. The maximum absolute atomic E-state index is 11.5. The number of Topliss-reactive ketones (excluding diaryl/α,β-unsaturated/α-hetero) is 1. The van der Waals surface area contributed by atoms with Crippen LogP contribution in [0.4, 0.5) is 0 Å². The number of H-pyrrole nitrogens is 1. The van der Waals surface area contributed by atoms with E-state index in [0.717, 1.165) is 0 Å². The summed E-state index contributed by atoms with van der Waals surface area (Å²) in [5.74, 6) is 1.28. The van der Waals surface area contributed by atoms with E-state index in [9.17, 15) is 4.79 Å². The Balaban J connectivity index is 2.11. The minimum atomic E-state index is -0.0287. The lowest BCUT2D eigenvalue weighted by molar-refractivity contribution is -0.121. The van der Waals surface area contributed by atoms with Crippen LogP contribution in [-0.2, 0) is 11.2 Å². The molecule has 2 rings (SSSR count). The number of rotatable bonds is 4. The maximum Gasteiger partial charge on any atom is 0.238 e. The van der Waals surface area contributed by atoms with Crippen molar-refractivity contribution in [3.8, 4) is 11.6 Å². The molecule has 2 heterocycles. The highest BCUT2D eigenvalue weighted by molar-refractivity contribution is 5.81. The summed E-state index contributed by atoms with van der Waals surface area (Å²) in [5, 5.41) is 3.74. The second kappa shape index (κ2) is 4.26. The van der Waals surface area contributed by atoms with Crippen LogP contribution in [0.1, 0.15) is 19.7 Å². The van der Waals surface area contributed by atoms with E-state index in [1.54, 1.807) is 12.4 Å². The monoisotopic (exact) mass is 220 g/mol. The van der Waals surface area contributed by atoms with E-state index in [4.69, 9.17) is 4.52 Å². The summed E-state index contributed by atoms with van der Waals surface area (Å²) in [6.45, 7) is 3.68. The van der Waals surface area contributed by atoms with Gasteiger partial charge >= 0.3 is 0 Å². The van der Waals surface area contributed by atoms with Crippen molar-refractivity contribution in [2.75, 3.05) is 0 Å². The standard InChI is InChI=1S/C10H12N4O2/c1-6(2)7(15)5-8-13-10(14-16-8)9-11-3-4-12-9/h3-4,6H,5H2,1-2H3,(H,11,12). The molecule has 0 bridgehead atoms. The molecule has 0 unspecified atom stereocenters. The van der Waals surface area contributed by atoms with Gasteiger partial charge in [0.05, 0.1) is 6.42 Å². The van der Waals surface area contributed by atoms with Crippen molar-refractivity contribution in [3.63, 3.8) is 0 Å². The highest BCUT2D eigenvalue weighted by atomic mass is 16.5. The lowest BCUT2D eigenvalue weighted by Crippen LogP contribution is -2.10. The summed E-state index contributed by atoms with van der Waals surface area (Å²) in [6, 6.07) is 0. The van der Waals surface area contributed by atoms with Gasteiger partial charge in [-0.3, -0.25) is 4.79 Å². The van der Waals surface area contributed by atoms with Gasteiger partial charge in [-0.15, -0.1) is 0 Å². The van der Waals surface area contributed by atoms with Gasteiger partial charge in [0.15, 0.2) is 5.82 Å². The smallest absolute Gasteiger partial charge is 0.238 e. The predicted octanol–water partition coefficient (Wildman–Crippen LogP) is 1.23. The molecular weight excluding hydrogens is 208 g/mol. The third kappa shape index (κ3) is 2.16. The van der Waals surface area contributed by atoms with Crippen LogP contribution < -0.4 is 0 Å². The van der Waals surface area contributed by atoms with Crippen molar-refractivity contribution in [3.05, 3.63) is 18.3 Å². The molecule has 0 amide bonds. The molecule has 0 fully saturated rings. The molecule has 0 radical (unpaired) electrons. The number of aromatic amines is 1. The Morgan fingerprint density at radius 1 is 1.56 bits per heavy atom. The SMILES string of the molecule is CC(C)C(=O)Cc1nc(-c2ncc[nH]2)no1. The average Bonchev–Trinajstić information content (AvgIpc) is 2.85. The molecular formula is C10H12N4O2. The van der Waals surface area contributed by atoms with Crippen molar-refractivity contribution in [1.82, 2.24) is 20.1 Å². The number of nitrogens with one attached hydrogen (secondary N) is 1. The largest absolute Gasteiger partial charge is 0.342 e. The first-order valence-electron chi connectivity index (χ1n) is 5.02. The normalized spacial score (nSPS) is 10.9. The molecule has 0 aliphatic rings. The molecule has 0 aliphatic heterocycles. The van der Waals surface area contributed by atoms with Crippen molar-refractivity contribution >= 4 is 5.78 Å². The van der Waals surface area contributed by atoms with Gasteiger partial charge in [-0.2, -0.15) is 4.98 Å². The lowest BCUT2D eigenvalue weighted by atomic mass is 10.1. The summed E-state index contributed by atoms with van der Waals surface area (Å²) >= 11 is 0. The number of hydrogen-bond donors (Lipinski definition) is 1. The van der Waals surface area contributed by atoms with E-state index in [0.29, 0.717) is 17.5 Å². The predicted molar refractivity (Wildman–Crippen MR) is 55.4 cm³/mol. The molecule has 1 N–H and O–H groups in total. The molecule has 0 spiro atoms. The third-order valence-corrected chi connectivity index (χ3v) is 2.15. The highest BCUT2D eigenvalue weighted by Crippen LogP contribution is 2.11. The van der Waals surface area contributed by atoms with Gasteiger partial charge in [-0.25, -0.2) is 4.98 Å². The fraction of sp³-hybridized carbons (Fsp3) is 0.400. The van der Waals surface area contributed by atoms with Crippen LogP contribution in [0, 0.1) is 5.92 Å². The molecule has 0 atom stereocenters. The van der Waals surface area contributed by atoms with Gasteiger partial charge in [-0.1, -0.05) is 19.0 Å². The zero-order valence-corrected chi connectivity index (χ0v) is 9.10. The zero-order chi connectivity index (χ0) is 11.5. The Hall–Kier alpha value is -1.98. The number of nitrogens with zero attached hydrogens (tertiary/aromatic N) is 3. The summed E-state index contributed by atoms with van der Waals surface area (Å²) in [4.78, 5) is 22.4. The zero-order valence-electron chi connectivity index (χ0n) is 9.10. The van der Waals surface area contributed by atoms with Crippen LogP contribution in [0.25, 0.3) is 11.6 Å². The van der Waals surface area contributed by atoms with Gasteiger partial charge in [0.25, 0.3) is 0 Å². The first-order valence-corrected chi connectivity index (χ1v) is 5.02. The topological polar surface area (TPSA) is 84.7 Å². The Labute approximate surface area is 92.1 Å². The van der Waals surface area contributed by atoms with Gasteiger partial charge in [-0.05, 0) is 0 Å². The molecule has 0 aliphatic carbocycles. The van der Waals surface area contributed by atoms with Crippen molar-refractivity contribution in [2.24, 2.45) is 5.92 Å². The van der Waals surface area contributed by atoms with E-state index in [2.05, 4.69) is 20.1 Å².